The van der Waals surface area contributed by atoms with Gasteiger partial charge in [-0.1, -0.05) is 16.8 Å². The first-order valence-electron chi connectivity index (χ1n) is 7.28. The van der Waals surface area contributed by atoms with E-state index < -0.39 is 10.0 Å². The molecule has 2 N–H and O–H groups in total. The number of nitrogens with one attached hydrogen (secondary N) is 2. The molecule has 26 heavy (non-hydrogen) atoms. The molecule has 0 amide bonds. The Bertz CT molecular complexity index is 1020. The Hall–Kier alpha value is -2.85. The van der Waals surface area contributed by atoms with Crippen LogP contribution in [0.1, 0.15) is 5.76 Å². The molecule has 2 heterocycles. The summed E-state index contributed by atoms with van der Waals surface area (Å²) in [5, 5.41) is 14.6. The number of benzene rings is 1. The number of nitrogens with zero attached hydrogens (tertiary/aromatic N) is 3. The highest BCUT2D eigenvalue weighted by molar-refractivity contribution is 7.92. The minimum Gasteiger partial charge on any atom is -0.495 e. The maximum atomic E-state index is 12.4. The zero-order valence-electron chi connectivity index (χ0n) is 13.7. The molecule has 0 aliphatic rings. The second-order valence-electron chi connectivity index (χ2n) is 5.15. The van der Waals surface area contributed by atoms with Crippen LogP contribution in [0.2, 0.25) is 5.02 Å². The van der Waals surface area contributed by atoms with Gasteiger partial charge in [0, 0.05) is 6.07 Å². The van der Waals surface area contributed by atoms with Gasteiger partial charge in [0.1, 0.15) is 11.5 Å². The van der Waals surface area contributed by atoms with Gasteiger partial charge in [0.15, 0.2) is 17.5 Å². The molecule has 0 aliphatic carbocycles. The second kappa shape index (κ2) is 7.18. The second-order valence-corrected chi connectivity index (χ2v) is 7.24. The Kier molecular flexibility index (Phi) is 4.96. The number of aromatic nitrogens is 3. The first-order valence-corrected chi connectivity index (χ1v) is 9.14. The van der Waals surface area contributed by atoms with Gasteiger partial charge >= 0.3 is 0 Å². The van der Waals surface area contributed by atoms with E-state index in [2.05, 4.69) is 25.4 Å². The highest BCUT2D eigenvalue weighted by atomic mass is 35.5. The number of hydrogen-bond acceptors (Lipinski definition) is 8. The van der Waals surface area contributed by atoms with Crippen LogP contribution in [0.3, 0.4) is 0 Å². The van der Waals surface area contributed by atoms with Gasteiger partial charge in [0.2, 0.25) is 0 Å². The van der Waals surface area contributed by atoms with Gasteiger partial charge in [0.25, 0.3) is 10.0 Å². The van der Waals surface area contributed by atoms with E-state index >= 15 is 0 Å². The summed E-state index contributed by atoms with van der Waals surface area (Å²) in [5.41, 5.74) is 0. The molecule has 9 nitrogen and oxygen atoms in total. The van der Waals surface area contributed by atoms with Gasteiger partial charge in [-0.15, -0.1) is 10.2 Å². The summed E-state index contributed by atoms with van der Waals surface area (Å²) in [6.07, 6.45) is 0. The Morgan fingerprint density at radius 1 is 1.08 bits per heavy atom. The molecule has 0 aliphatic heterocycles. The Labute approximate surface area is 154 Å². The van der Waals surface area contributed by atoms with E-state index in [-0.39, 0.29) is 15.7 Å². The van der Waals surface area contributed by atoms with Crippen molar-refractivity contribution >= 4 is 39.1 Å². The van der Waals surface area contributed by atoms with Crippen LogP contribution >= 0.6 is 11.6 Å². The highest BCUT2D eigenvalue weighted by Crippen LogP contribution is 2.27. The number of ether oxygens (including phenoxy) is 1. The molecule has 3 aromatic rings. The average Bonchev–Trinajstić information content (AvgIpc) is 3.01. The van der Waals surface area contributed by atoms with E-state index in [1.807, 2.05) is 0 Å². The summed E-state index contributed by atoms with van der Waals surface area (Å²) in [6, 6.07) is 8.84. The number of methoxy groups -OCH3 is 1. The van der Waals surface area contributed by atoms with Crippen LogP contribution in [0.15, 0.2) is 45.8 Å². The molecular weight excluding hydrogens is 382 g/mol. The molecule has 0 radical (unpaired) electrons. The predicted molar refractivity (Wildman–Crippen MR) is 95.4 cm³/mol. The van der Waals surface area contributed by atoms with Crippen molar-refractivity contribution in [1.29, 1.82) is 0 Å². The number of aryl methyl sites for hydroxylation is 1. The summed E-state index contributed by atoms with van der Waals surface area (Å²) in [7, 11) is -2.43. The topological polar surface area (TPSA) is 119 Å². The molecule has 0 unspecified atom stereocenters. The largest absolute Gasteiger partial charge is 0.495 e. The molecule has 2 aromatic heterocycles. The summed E-state index contributed by atoms with van der Waals surface area (Å²) in [4.78, 5) is -0.0228. The van der Waals surface area contributed by atoms with Gasteiger partial charge in [-0.05, 0) is 37.3 Å². The van der Waals surface area contributed by atoms with Crippen molar-refractivity contribution in [2.75, 3.05) is 17.1 Å². The fourth-order valence-corrected chi connectivity index (χ4v) is 3.37. The van der Waals surface area contributed by atoms with Gasteiger partial charge in [0.05, 0.1) is 17.0 Å². The van der Waals surface area contributed by atoms with Crippen LogP contribution in [0.4, 0.5) is 17.5 Å². The lowest BCUT2D eigenvalue weighted by molar-refractivity contribution is 0.400. The Morgan fingerprint density at radius 3 is 2.38 bits per heavy atom. The molecule has 136 valence electrons. The first kappa shape index (κ1) is 18.0. The van der Waals surface area contributed by atoms with Gasteiger partial charge < -0.3 is 14.6 Å². The fourth-order valence-electron chi connectivity index (χ4n) is 2.02. The number of anilines is 3. The Morgan fingerprint density at radius 2 is 1.81 bits per heavy atom. The van der Waals surface area contributed by atoms with Crippen molar-refractivity contribution in [2.45, 2.75) is 11.8 Å². The maximum absolute atomic E-state index is 12.4. The minimum atomic E-state index is -3.87. The highest BCUT2D eigenvalue weighted by Gasteiger charge is 2.17. The van der Waals surface area contributed by atoms with Crippen LogP contribution < -0.4 is 14.8 Å². The van der Waals surface area contributed by atoms with Gasteiger partial charge in [-0.25, -0.2) is 8.42 Å². The Balaban J connectivity index is 1.74. The number of sulfonamides is 1. The van der Waals surface area contributed by atoms with Crippen LogP contribution in [-0.4, -0.2) is 30.9 Å². The van der Waals surface area contributed by atoms with Crippen LogP contribution in [0.5, 0.6) is 5.75 Å². The average molecular weight is 396 g/mol. The number of hydrogen-bond donors (Lipinski definition) is 2. The molecule has 0 spiro atoms. The number of rotatable bonds is 6. The molecule has 1 aromatic carbocycles. The monoisotopic (exact) mass is 395 g/mol. The van der Waals surface area contributed by atoms with E-state index in [1.54, 1.807) is 19.1 Å². The summed E-state index contributed by atoms with van der Waals surface area (Å²) in [6.45, 7) is 1.76. The van der Waals surface area contributed by atoms with Crippen molar-refractivity contribution < 1.29 is 17.7 Å². The molecule has 0 saturated carbocycles. The van der Waals surface area contributed by atoms with E-state index in [9.17, 15) is 8.42 Å². The van der Waals surface area contributed by atoms with Crippen molar-refractivity contribution in [1.82, 2.24) is 15.4 Å². The molecule has 0 fully saturated rings. The third-order valence-electron chi connectivity index (χ3n) is 3.22. The van der Waals surface area contributed by atoms with E-state index in [4.69, 9.17) is 20.9 Å². The van der Waals surface area contributed by atoms with Crippen molar-refractivity contribution in [3.8, 4) is 5.75 Å². The molecule has 0 saturated heterocycles. The van der Waals surface area contributed by atoms with Gasteiger partial charge in [-0.3, -0.25) is 4.72 Å². The van der Waals surface area contributed by atoms with E-state index in [0.717, 1.165) is 0 Å². The normalized spacial score (nSPS) is 11.2. The summed E-state index contributed by atoms with van der Waals surface area (Å²) in [5.74, 6) is 1.93. The quantitative estimate of drug-likeness (QED) is 0.653. The number of halogens is 1. The molecule has 3 rings (SSSR count). The first-order chi connectivity index (χ1) is 12.4. The standard InChI is InChI=1S/C15H14ClN5O4S/c1-9-7-15(20-25-9)17-13-5-6-14(19-18-13)21-26(22,23)10-3-4-12(24-2)11(16)8-10/h3-8H,1-2H3,(H,19,21)(H,17,18,20). The van der Waals surface area contributed by atoms with Crippen LogP contribution in [-0.2, 0) is 10.0 Å². The lowest BCUT2D eigenvalue weighted by Crippen LogP contribution is -2.14. The third-order valence-corrected chi connectivity index (χ3v) is 4.87. The molecule has 11 heteroatoms. The van der Waals surface area contributed by atoms with Crippen molar-refractivity contribution in [2.24, 2.45) is 0 Å². The van der Waals surface area contributed by atoms with Gasteiger partial charge in [-0.2, -0.15) is 0 Å². The maximum Gasteiger partial charge on any atom is 0.263 e. The zero-order valence-corrected chi connectivity index (χ0v) is 15.3. The lowest BCUT2D eigenvalue weighted by atomic mass is 10.3. The zero-order chi connectivity index (χ0) is 18.7. The SMILES string of the molecule is COc1ccc(S(=O)(=O)Nc2ccc(Nc3cc(C)on3)nn2)cc1Cl. The summed E-state index contributed by atoms with van der Waals surface area (Å²) < 4.78 is 37.1. The van der Waals surface area contributed by atoms with E-state index in [1.165, 1.54) is 31.4 Å². The lowest BCUT2D eigenvalue weighted by Gasteiger charge is -2.09. The third kappa shape index (κ3) is 4.03. The molecular formula is C15H14ClN5O4S. The van der Waals surface area contributed by atoms with E-state index in [0.29, 0.717) is 23.1 Å². The summed E-state index contributed by atoms with van der Waals surface area (Å²) >= 11 is 5.97. The minimum absolute atomic E-state index is 0.0228. The van der Waals surface area contributed by atoms with Crippen LogP contribution in [0.25, 0.3) is 0 Å². The smallest absolute Gasteiger partial charge is 0.263 e. The predicted octanol–water partition coefficient (Wildman–Crippen LogP) is 2.98. The molecule has 0 bridgehead atoms. The van der Waals surface area contributed by atoms with Crippen LogP contribution in [0, 0.1) is 6.92 Å². The fraction of sp³-hybridized carbons (Fsp3) is 0.133. The van der Waals surface area contributed by atoms with Crippen molar-refractivity contribution in [3.05, 3.63) is 47.2 Å². The van der Waals surface area contributed by atoms with Crippen molar-refractivity contribution in [3.63, 3.8) is 0 Å². The molecule has 0 atom stereocenters.